The van der Waals surface area contributed by atoms with Crippen molar-refractivity contribution in [3.05, 3.63) is 72.3 Å². The van der Waals surface area contributed by atoms with Crippen molar-refractivity contribution in [1.29, 1.82) is 0 Å². The number of fused-ring (bicyclic) bond motifs is 1. The lowest BCUT2D eigenvalue weighted by atomic mass is 10.0. The van der Waals surface area contributed by atoms with Gasteiger partial charge in [-0.15, -0.1) is 0 Å². The van der Waals surface area contributed by atoms with Gasteiger partial charge in [0.05, 0.1) is 24.5 Å². The summed E-state index contributed by atoms with van der Waals surface area (Å²) in [7, 11) is 1.61. The number of rotatable bonds is 4. The minimum Gasteiger partial charge on any atom is -0.468 e. The van der Waals surface area contributed by atoms with Gasteiger partial charge in [0, 0.05) is 18.1 Å². The van der Waals surface area contributed by atoms with Crippen molar-refractivity contribution in [2.24, 2.45) is 0 Å². The predicted octanol–water partition coefficient (Wildman–Crippen LogP) is 3.35. The molecule has 5 heteroatoms. The van der Waals surface area contributed by atoms with E-state index in [1.807, 2.05) is 29.2 Å². The van der Waals surface area contributed by atoms with Gasteiger partial charge in [0.1, 0.15) is 0 Å². The lowest BCUT2D eigenvalue weighted by molar-refractivity contribution is 0.386. The topological polar surface area (TPSA) is 55.7 Å². The summed E-state index contributed by atoms with van der Waals surface area (Å²) in [5, 5.41) is 0. The molecule has 0 aliphatic rings. The maximum atomic E-state index is 5.15. The second kappa shape index (κ2) is 5.61. The van der Waals surface area contributed by atoms with E-state index in [0.29, 0.717) is 6.01 Å². The Bertz CT molecular complexity index is 941. The Morgan fingerprint density at radius 2 is 2.09 bits per heavy atom. The van der Waals surface area contributed by atoms with E-state index in [0.717, 1.165) is 23.1 Å². The molecular formula is C18H16N4O. The molecule has 0 aliphatic carbocycles. The molecule has 4 aromatic rings. The van der Waals surface area contributed by atoms with Crippen LogP contribution in [0.15, 0.2) is 61.2 Å². The van der Waals surface area contributed by atoms with Crippen molar-refractivity contribution in [3.8, 4) is 11.7 Å². The number of methoxy groups -OCH3 is 1. The summed E-state index contributed by atoms with van der Waals surface area (Å²) in [4.78, 5) is 11.7. The summed E-state index contributed by atoms with van der Waals surface area (Å²) < 4.78 is 7.18. The summed E-state index contributed by atoms with van der Waals surface area (Å²) in [6, 6.07) is 15.1. The number of nitrogens with zero attached hydrogens (tertiary/aromatic N) is 3. The Morgan fingerprint density at radius 3 is 2.91 bits per heavy atom. The first-order valence-corrected chi connectivity index (χ1v) is 7.42. The van der Waals surface area contributed by atoms with Crippen molar-refractivity contribution in [1.82, 2.24) is 19.5 Å². The smallest absolute Gasteiger partial charge is 0.294 e. The van der Waals surface area contributed by atoms with Gasteiger partial charge < -0.3 is 14.3 Å². The minimum absolute atomic E-state index is 0.538. The number of aromatic amines is 1. The molecule has 0 fully saturated rings. The average molecular weight is 304 g/mol. The van der Waals surface area contributed by atoms with E-state index < -0.39 is 0 Å². The van der Waals surface area contributed by atoms with Crippen molar-refractivity contribution < 1.29 is 4.74 Å². The monoisotopic (exact) mass is 304 g/mol. The van der Waals surface area contributed by atoms with Gasteiger partial charge >= 0.3 is 0 Å². The van der Waals surface area contributed by atoms with E-state index in [9.17, 15) is 0 Å². The third-order valence-corrected chi connectivity index (χ3v) is 3.89. The van der Waals surface area contributed by atoms with E-state index in [1.54, 1.807) is 13.3 Å². The zero-order valence-electron chi connectivity index (χ0n) is 12.7. The lowest BCUT2D eigenvalue weighted by Crippen LogP contribution is -1.98. The molecule has 0 bridgehead atoms. The van der Waals surface area contributed by atoms with E-state index in [1.165, 1.54) is 11.1 Å². The second-order valence-corrected chi connectivity index (χ2v) is 5.37. The van der Waals surface area contributed by atoms with Gasteiger partial charge in [-0.2, -0.15) is 4.98 Å². The van der Waals surface area contributed by atoms with Gasteiger partial charge in [0.15, 0.2) is 0 Å². The Kier molecular flexibility index (Phi) is 3.31. The van der Waals surface area contributed by atoms with Crippen LogP contribution in [-0.2, 0) is 6.42 Å². The number of hydrogen-bond donors (Lipinski definition) is 1. The molecule has 2 heterocycles. The van der Waals surface area contributed by atoms with Crippen LogP contribution in [0.4, 0.5) is 0 Å². The number of para-hydroxylation sites is 1. The van der Waals surface area contributed by atoms with Crippen molar-refractivity contribution in [2.45, 2.75) is 6.42 Å². The van der Waals surface area contributed by atoms with Gasteiger partial charge in [-0.3, -0.25) is 0 Å². The molecule has 0 aliphatic heterocycles. The summed E-state index contributed by atoms with van der Waals surface area (Å²) in [6.45, 7) is 0. The first-order valence-electron chi connectivity index (χ1n) is 7.42. The van der Waals surface area contributed by atoms with Crippen molar-refractivity contribution in [3.63, 3.8) is 0 Å². The molecule has 0 atom stereocenters. The van der Waals surface area contributed by atoms with Gasteiger partial charge in [-0.05, 0) is 35.7 Å². The van der Waals surface area contributed by atoms with Crippen molar-refractivity contribution >= 4 is 11.0 Å². The van der Waals surface area contributed by atoms with Crippen LogP contribution < -0.4 is 4.74 Å². The van der Waals surface area contributed by atoms with Crippen LogP contribution >= 0.6 is 0 Å². The molecule has 4 rings (SSSR count). The molecule has 0 unspecified atom stereocenters. The molecule has 1 N–H and O–H groups in total. The zero-order valence-corrected chi connectivity index (χ0v) is 12.7. The van der Waals surface area contributed by atoms with E-state index in [-0.39, 0.29) is 0 Å². The largest absolute Gasteiger partial charge is 0.468 e. The summed E-state index contributed by atoms with van der Waals surface area (Å²) in [5.41, 5.74) is 5.49. The first kappa shape index (κ1) is 13.6. The van der Waals surface area contributed by atoms with Crippen LogP contribution in [0.1, 0.15) is 11.1 Å². The Hall–Kier alpha value is -3.08. The average Bonchev–Trinajstić information content (AvgIpc) is 3.24. The molecule has 2 aromatic heterocycles. The fourth-order valence-corrected chi connectivity index (χ4v) is 2.77. The number of hydrogen-bond acceptors (Lipinski definition) is 3. The number of aromatic nitrogens is 4. The SMILES string of the molecule is COc1nc2cc(Cc3ccccc3-n3ccnc3)ccc2[nH]1. The predicted molar refractivity (Wildman–Crippen MR) is 89.0 cm³/mol. The van der Waals surface area contributed by atoms with Crippen molar-refractivity contribution in [2.75, 3.05) is 7.11 Å². The normalized spacial score (nSPS) is 11.0. The molecular weight excluding hydrogens is 288 g/mol. The highest BCUT2D eigenvalue weighted by Crippen LogP contribution is 2.22. The van der Waals surface area contributed by atoms with E-state index in [2.05, 4.69) is 45.3 Å². The number of ether oxygens (including phenoxy) is 1. The lowest BCUT2D eigenvalue weighted by Gasteiger charge is -2.10. The fraction of sp³-hybridized carbons (Fsp3) is 0.111. The summed E-state index contributed by atoms with van der Waals surface area (Å²) in [6.07, 6.45) is 6.40. The van der Waals surface area contributed by atoms with Gasteiger partial charge in [-0.1, -0.05) is 24.3 Å². The highest BCUT2D eigenvalue weighted by atomic mass is 16.5. The summed E-state index contributed by atoms with van der Waals surface area (Å²) in [5.74, 6) is 0. The highest BCUT2D eigenvalue weighted by molar-refractivity contribution is 5.76. The standard InChI is InChI=1S/C18H16N4O/c1-23-18-20-15-7-6-13(11-16(15)21-18)10-14-4-2-3-5-17(14)22-9-8-19-12-22/h2-9,11-12H,10H2,1H3,(H,20,21). The third-order valence-electron chi connectivity index (χ3n) is 3.89. The highest BCUT2D eigenvalue weighted by Gasteiger charge is 2.07. The third kappa shape index (κ3) is 2.57. The van der Waals surface area contributed by atoms with Crippen LogP contribution in [0.2, 0.25) is 0 Å². The Balaban J connectivity index is 1.71. The number of imidazole rings is 2. The van der Waals surface area contributed by atoms with Gasteiger partial charge in [-0.25, -0.2) is 4.98 Å². The molecule has 0 amide bonds. The fourth-order valence-electron chi connectivity index (χ4n) is 2.77. The number of benzene rings is 2. The molecule has 0 saturated heterocycles. The quantitative estimate of drug-likeness (QED) is 0.629. The minimum atomic E-state index is 0.538. The van der Waals surface area contributed by atoms with Crippen LogP contribution in [0.25, 0.3) is 16.7 Å². The summed E-state index contributed by atoms with van der Waals surface area (Å²) >= 11 is 0. The molecule has 5 nitrogen and oxygen atoms in total. The first-order chi connectivity index (χ1) is 11.3. The van der Waals surface area contributed by atoms with Crippen LogP contribution in [0.3, 0.4) is 0 Å². The van der Waals surface area contributed by atoms with E-state index in [4.69, 9.17) is 4.74 Å². The maximum absolute atomic E-state index is 5.15. The van der Waals surface area contributed by atoms with Crippen LogP contribution in [0.5, 0.6) is 6.01 Å². The number of H-pyrrole nitrogens is 1. The van der Waals surface area contributed by atoms with Crippen LogP contribution in [0, 0.1) is 0 Å². The number of nitrogens with one attached hydrogen (secondary N) is 1. The zero-order chi connectivity index (χ0) is 15.6. The Morgan fingerprint density at radius 1 is 1.17 bits per heavy atom. The molecule has 23 heavy (non-hydrogen) atoms. The van der Waals surface area contributed by atoms with Gasteiger partial charge in [0.2, 0.25) is 0 Å². The van der Waals surface area contributed by atoms with E-state index >= 15 is 0 Å². The molecule has 2 aromatic carbocycles. The molecule has 0 radical (unpaired) electrons. The molecule has 0 spiro atoms. The molecule has 0 saturated carbocycles. The Labute approximate surface area is 133 Å². The second-order valence-electron chi connectivity index (χ2n) is 5.37. The van der Waals surface area contributed by atoms with Gasteiger partial charge in [0.25, 0.3) is 6.01 Å². The molecule has 114 valence electrons. The van der Waals surface area contributed by atoms with Crippen LogP contribution in [-0.4, -0.2) is 26.6 Å². The maximum Gasteiger partial charge on any atom is 0.294 e.